The molecule has 0 spiro atoms. The number of aliphatic hydroxyl groups is 7. The normalized spacial score (nSPS) is 49.0. The average Bonchev–Trinajstić information content (AvgIpc) is 2.72. The van der Waals surface area contributed by atoms with Gasteiger partial charge in [0, 0.05) is 13.5 Å². The highest BCUT2D eigenvalue weighted by atomic mass is 16.7. The Hall–Kier alpha value is -0.440. The van der Waals surface area contributed by atoms with Crippen molar-refractivity contribution in [1.29, 1.82) is 0 Å². The smallest absolute Gasteiger partial charge is 0.187 e. The molecule has 0 aromatic rings. The van der Waals surface area contributed by atoms with Gasteiger partial charge in [-0.05, 0) is 0 Å². The maximum Gasteiger partial charge on any atom is 0.187 e. The van der Waals surface area contributed by atoms with Crippen LogP contribution in [0.25, 0.3) is 0 Å². The molecule has 0 saturated carbocycles. The fourth-order valence-electron chi connectivity index (χ4n) is 2.92. The molecule has 0 bridgehead atoms. The second kappa shape index (κ2) is 8.97. The number of hydrogen-bond acceptors (Lipinski definition) is 11. The van der Waals surface area contributed by atoms with Crippen LogP contribution in [0.15, 0.2) is 0 Å². The third-order valence-corrected chi connectivity index (χ3v) is 4.43. The molecule has 7 N–H and O–H groups in total. The lowest BCUT2D eigenvalue weighted by Crippen LogP contribution is -2.60. The van der Waals surface area contributed by atoms with Crippen LogP contribution in [0.4, 0.5) is 0 Å². The van der Waals surface area contributed by atoms with Crippen molar-refractivity contribution in [2.24, 2.45) is 0 Å². The van der Waals surface area contributed by atoms with E-state index >= 15 is 0 Å². The zero-order valence-corrected chi connectivity index (χ0v) is 13.7. The van der Waals surface area contributed by atoms with Gasteiger partial charge in [-0.25, -0.2) is 0 Å². The van der Waals surface area contributed by atoms with Crippen molar-refractivity contribution in [2.75, 3.05) is 20.3 Å². The standard InChI is InChI=1S/C14H26O11/c1-22-13-5(17)2-6(9(18)7(3-15)24-13)23-14-12(21)11(20)10(19)8(4-16)25-14/h5-21H,2-4H2,1H3/t5?,6?,7?,8?,9-,10+,11?,12?,13-,14+/m1/s1. The fourth-order valence-corrected chi connectivity index (χ4v) is 2.92. The monoisotopic (exact) mass is 370 g/mol. The van der Waals surface area contributed by atoms with Crippen LogP contribution < -0.4 is 0 Å². The van der Waals surface area contributed by atoms with E-state index in [9.17, 15) is 35.7 Å². The minimum atomic E-state index is -1.66. The lowest BCUT2D eigenvalue weighted by atomic mass is 9.98. The van der Waals surface area contributed by atoms with Gasteiger partial charge in [-0.3, -0.25) is 0 Å². The summed E-state index contributed by atoms with van der Waals surface area (Å²) in [6.07, 6.45) is -13.6. The predicted octanol–water partition coefficient (Wildman–Crippen LogP) is -4.35. The highest BCUT2D eigenvalue weighted by molar-refractivity contribution is 4.91. The summed E-state index contributed by atoms with van der Waals surface area (Å²) >= 11 is 0. The van der Waals surface area contributed by atoms with Crippen molar-refractivity contribution < 1.29 is 54.7 Å². The lowest BCUT2D eigenvalue weighted by Gasteiger charge is -2.41. The average molecular weight is 370 g/mol. The minimum absolute atomic E-state index is 0.175. The Morgan fingerprint density at radius 3 is 1.92 bits per heavy atom. The number of rotatable bonds is 5. The number of ether oxygens (including phenoxy) is 4. The van der Waals surface area contributed by atoms with Crippen LogP contribution in [0.5, 0.6) is 0 Å². The van der Waals surface area contributed by atoms with Crippen LogP contribution in [0.1, 0.15) is 6.42 Å². The van der Waals surface area contributed by atoms with Crippen molar-refractivity contribution >= 4 is 0 Å². The van der Waals surface area contributed by atoms with E-state index in [4.69, 9.17) is 18.9 Å². The molecule has 0 aliphatic carbocycles. The molecule has 2 heterocycles. The van der Waals surface area contributed by atoms with Crippen molar-refractivity contribution in [3.05, 3.63) is 0 Å². The molecule has 148 valence electrons. The first kappa shape index (κ1) is 20.9. The van der Waals surface area contributed by atoms with Crippen molar-refractivity contribution in [2.45, 2.75) is 67.8 Å². The van der Waals surface area contributed by atoms with E-state index < -0.39 is 74.6 Å². The van der Waals surface area contributed by atoms with Crippen molar-refractivity contribution in [3.63, 3.8) is 0 Å². The molecule has 2 rings (SSSR count). The Balaban J connectivity index is 2.13. The van der Waals surface area contributed by atoms with E-state index in [1.807, 2.05) is 0 Å². The van der Waals surface area contributed by atoms with Gasteiger partial charge in [-0.15, -0.1) is 0 Å². The lowest BCUT2D eigenvalue weighted by molar-refractivity contribution is -0.319. The van der Waals surface area contributed by atoms with Crippen molar-refractivity contribution in [3.8, 4) is 0 Å². The van der Waals surface area contributed by atoms with E-state index in [1.54, 1.807) is 0 Å². The first-order valence-corrected chi connectivity index (χ1v) is 7.95. The summed E-state index contributed by atoms with van der Waals surface area (Å²) in [5.41, 5.74) is 0. The van der Waals surface area contributed by atoms with Gasteiger partial charge in [0.2, 0.25) is 0 Å². The van der Waals surface area contributed by atoms with Gasteiger partial charge in [-0.1, -0.05) is 0 Å². The Labute approximate surface area is 143 Å². The molecular weight excluding hydrogens is 344 g/mol. The van der Waals surface area contributed by atoms with E-state index in [2.05, 4.69) is 0 Å². The molecule has 6 unspecified atom stereocenters. The SMILES string of the molecule is CO[C@@H]1OC(CO)[C@H](O)C(O[C@H]2OC(CO)[C@H](O)C(O)C2O)CC1O. The van der Waals surface area contributed by atoms with E-state index in [-0.39, 0.29) is 6.42 Å². The van der Waals surface area contributed by atoms with E-state index in [0.717, 1.165) is 0 Å². The second-order valence-corrected chi connectivity index (χ2v) is 6.13. The molecule has 2 aliphatic rings. The summed E-state index contributed by atoms with van der Waals surface area (Å²) in [6.45, 7) is -1.21. The maximum atomic E-state index is 10.3. The summed E-state index contributed by atoms with van der Waals surface area (Å²) in [5, 5.41) is 68.5. The van der Waals surface area contributed by atoms with Crippen LogP contribution in [-0.4, -0.2) is 117 Å². The van der Waals surface area contributed by atoms with Crippen LogP contribution in [0.2, 0.25) is 0 Å². The highest BCUT2D eigenvalue weighted by Crippen LogP contribution is 2.28. The van der Waals surface area contributed by atoms with Gasteiger partial charge in [-0.2, -0.15) is 0 Å². The highest BCUT2D eigenvalue weighted by Gasteiger charge is 2.47. The number of hydrogen-bond donors (Lipinski definition) is 7. The van der Waals surface area contributed by atoms with Gasteiger partial charge in [0.1, 0.15) is 42.7 Å². The van der Waals surface area contributed by atoms with Crippen molar-refractivity contribution in [1.82, 2.24) is 0 Å². The van der Waals surface area contributed by atoms with Gasteiger partial charge < -0.3 is 54.7 Å². The topological polar surface area (TPSA) is 179 Å². The van der Waals surface area contributed by atoms with E-state index in [0.29, 0.717) is 0 Å². The zero-order chi connectivity index (χ0) is 18.7. The molecule has 2 fully saturated rings. The molecule has 0 aromatic heterocycles. The Kier molecular flexibility index (Phi) is 7.49. The third kappa shape index (κ3) is 4.46. The van der Waals surface area contributed by atoms with Gasteiger partial charge in [0.15, 0.2) is 12.6 Å². The molecular formula is C14H26O11. The largest absolute Gasteiger partial charge is 0.394 e. The zero-order valence-electron chi connectivity index (χ0n) is 13.7. The predicted molar refractivity (Wildman–Crippen MR) is 78.0 cm³/mol. The van der Waals surface area contributed by atoms with Gasteiger partial charge in [0.25, 0.3) is 0 Å². The molecule has 10 atom stereocenters. The summed E-state index contributed by atoms with van der Waals surface area (Å²) in [5.74, 6) is 0. The maximum absolute atomic E-state index is 10.3. The molecule has 25 heavy (non-hydrogen) atoms. The number of aliphatic hydroxyl groups excluding tert-OH is 7. The second-order valence-electron chi connectivity index (χ2n) is 6.13. The van der Waals surface area contributed by atoms with Crippen LogP contribution in [0.3, 0.4) is 0 Å². The Bertz CT molecular complexity index is 408. The fraction of sp³-hybridized carbons (Fsp3) is 1.00. The van der Waals surface area contributed by atoms with Gasteiger partial charge in [0.05, 0.1) is 19.3 Å². The molecule has 11 nitrogen and oxygen atoms in total. The summed E-state index contributed by atoms with van der Waals surface area (Å²) in [6, 6.07) is 0. The first-order valence-electron chi connectivity index (χ1n) is 7.95. The van der Waals surface area contributed by atoms with Gasteiger partial charge >= 0.3 is 0 Å². The first-order chi connectivity index (χ1) is 11.8. The summed E-state index contributed by atoms with van der Waals surface area (Å²) in [7, 11) is 1.29. The molecule has 0 aromatic carbocycles. The Morgan fingerprint density at radius 2 is 1.36 bits per heavy atom. The quantitative estimate of drug-likeness (QED) is 0.249. The Morgan fingerprint density at radius 1 is 0.800 bits per heavy atom. The summed E-state index contributed by atoms with van der Waals surface area (Å²) < 4.78 is 20.9. The summed E-state index contributed by atoms with van der Waals surface area (Å²) in [4.78, 5) is 0. The number of methoxy groups -OCH3 is 1. The van der Waals surface area contributed by atoms with Crippen LogP contribution in [0, 0.1) is 0 Å². The van der Waals surface area contributed by atoms with Crippen LogP contribution in [-0.2, 0) is 18.9 Å². The molecule has 2 saturated heterocycles. The third-order valence-electron chi connectivity index (χ3n) is 4.43. The molecule has 11 heteroatoms. The molecule has 0 radical (unpaired) electrons. The molecule has 2 aliphatic heterocycles. The van der Waals surface area contributed by atoms with E-state index in [1.165, 1.54) is 7.11 Å². The van der Waals surface area contributed by atoms with Crippen LogP contribution >= 0.6 is 0 Å². The molecule has 0 amide bonds. The minimum Gasteiger partial charge on any atom is -0.394 e.